The summed E-state index contributed by atoms with van der Waals surface area (Å²) in [6.45, 7) is 6.35. The Morgan fingerprint density at radius 2 is 2.10 bits per heavy atom. The third-order valence-electron chi connectivity index (χ3n) is 2.02. The van der Waals surface area contributed by atoms with Gasteiger partial charge in [0.25, 0.3) is 0 Å². The van der Waals surface area contributed by atoms with Crippen molar-refractivity contribution in [2.24, 2.45) is 5.73 Å². The average Bonchev–Trinajstić information content (AvgIpc) is 2.34. The zero-order chi connectivity index (χ0) is 15.5. The smallest absolute Gasteiger partial charge is 0.338 e. The predicted molar refractivity (Wildman–Crippen MR) is 75.6 cm³/mol. The molecule has 0 amide bonds. The number of halogens is 1. The Morgan fingerprint density at radius 3 is 2.60 bits per heavy atom. The first-order valence-corrected chi connectivity index (χ1v) is 6.17. The van der Waals surface area contributed by atoms with E-state index in [4.69, 9.17) is 10.5 Å². The molecule has 0 aromatic rings. The Bertz CT molecular complexity index is 415. The van der Waals surface area contributed by atoms with Gasteiger partial charge in [0, 0.05) is 12.2 Å². The summed E-state index contributed by atoms with van der Waals surface area (Å²) >= 11 is 0. The third-order valence-corrected chi connectivity index (χ3v) is 2.02. The van der Waals surface area contributed by atoms with Gasteiger partial charge in [-0.15, -0.1) is 0 Å². The van der Waals surface area contributed by atoms with Crippen molar-refractivity contribution in [2.75, 3.05) is 19.7 Å². The van der Waals surface area contributed by atoms with Crippen LogP contribution >= 0.6 is 0 Å². The Morgan fingerprint density at radius 1 is 1.45 bits per heavy atom. The lowest BCUT2D eigenvalue weighted by Crippen LogP contribution is -2.26. The molecule has 1 atom stereocenters. The molecule has 0 heterocycles. The first-order valence-electron chi connectivity index (χ1n) is 6.17. The van der Waals surface area contributed by atoms with E-state index in [1.807, 2.05) is 0 Å². The highest BCUT2D eigenvalue weighted by atomic mass is 19.1. The summed E-state index contributed by atoms with van der Waals surface area (Å²) in [5.74, 6) is -0.695. The minimum atomic E-state index is -1.23. The van der Waals surface area contributed by atoms with Crippen LogP contribution in [-0.4, -0.2) is 37.6 Å². The molecule has 0 radical (unpaired) electrons. The van der Waals surface area contributed by atoms with Crippen LogP contribution in [0.1, 0.15) is 13.8 Å². The van der Waals surface area contributed by atoms with E-state index in [-0.39, 0.29) is 31.1 Å². The Labute approximate surface area is 118 Å². The minimum Gasteiger partial charge on any atom is -0.459 e. The molecule has 5 nitrogen and oxygen atoms in total. The summed E-state index contributed by atoms with van der Waals surface area (Å²) in [5, 5.41) is 2.81. The number of esters is 1. The van der Waals surface area contributed by atoms with Gasteiger partial charge in [0.2, 0.25) is 0 Å². The van der Waals surface area contributed by atoms with Crippen LogP contribution in [0.15, 0.2) is 36.1 Å². The van der Waals surface area contributed by atoms with Crippen LogP contribution in [0.5, 0.6) is 0 Å². The summed E-state index contributed by atoms with van der Waals surface area (Å²) in [6.07, 6.45) is 2.99. The summed E-state index contributed by atoms with van der Waals surface area (Å²) in [4.78, 5) is 22.4. The zero-order valence-corrected chi connectivity index (χ0v) is 11.8. The highest BCUT2D eigenvalue weighted by Crippen LogP contribution is 2.04. The number of carbonyl (C=O) groups is 2. The maximum Gasteiger partial charge on any atom is 0.338 e. The van der Waals surface area contributed by atoms with Crippen molar-refractivity contribution in [3.63, 3.8) is 0 Å². The molecule has 0 aromatic carbocycles. The second-order valence-electron chi connectivity index (χ2n) is 4.26. The number of hydrogen-bond acceptors (Lipinski definition) is 5. The summed E-state index contributed by atoms with van der Waals surface area (Å²) in [7, 11) is 0. The molecular formula is C14H21FN2O3. The van der Waals surface area contributed by atoms with E-state index in [9.17, 15) is 14.0 Å². The summed E-state index contributed by atoms with van der Waals surface area (Å²) in [6, 6.07) is 0. The number of ether oxygens (including phenoxy) is 1. The summed E-state index contributed by atoms with van der Waals surface area (Å²) in [5.41, 5.74) is 6.24. The molecule has 0 aliphatic heterocycles. The Balaban J connectivity index is 4.59. The molecule has 0 rings (SSSR count). The number of ketones is 1. The number of Topliss-reactive ketones (excluding diaryl/α,β-unsaturated/α-hetero) is 1. The lowest BCUT2D eigenvalue weighted by atomic mass is 10.2. The fraction of sp³-hybridized carbons (Fsp3) is 0.429. The van der Waals surface area contributed by atoms with Gasteiger partial charge in [-0.2, -0.15) is 0 Å². The van der Waals surface area contributed by atoms with Crippen molar-refractivity contribution in [3.8, 4) is 0 Å². The standard InChI is InChI=1S/C14H21FN2O3/c1-4-5-12(14(19)20-9-10(2)15)6-13(16)8-17-7-11(3)18/h4-6,10,17H,1,7-9,16H2,2-3H3/b12-5+,13-6-. The molecule has 1 unspecified atom stereocenters. The number of rotatable bonds is 9. The summed E-state index contributed by atoms with van der Waals surface area (Å²) < 4.78 is 17.4. The van der Waals surface area contributed by atoms with Crippen molar-refractivity contribution in [2.45, 2.75) is 20.0 Å². The third kappa shape index (κ3) is 9.04. The van der Waals surface area contributed by atoms with E-state index in [0.29, 0.717) is 5.70 Å². The van der Waals surface area contributed by atoms with Gasteiger partial charge in [-0.1, -0.05) is 12.7 Å². The molecule has 0 fully saturated rings. The van der Waals surface area contributed by atoms with Gasteiger partial charge >= 0.3 is 5.97 Å². The van der Waals surface area contributed by atoms with Gasteiger partial charge in [0.15, 0.2) is 0 Å². The average molecular weight is 284 g/mol. The van der Waals surface area contributed by atoms with E-state index in [2.05, 4.69) is 11.9 Å². The molecule has 112 valence electrons. The maximum atomic E-state index is 12.6. The predicted octanol–water partition coefficient (Wildman–Crippen LogP) is 1.02. The molecule has 0 aromatic heterocycles. The number of alkyl halides is 1. The SMILES string of the molecule is C=C/C=C(\C=C(/N)CNCC(C)=O)C(=O)OCC(C)F. The molecule has 0 saturated carbocycles. The molecular weight excluding hydrogens is 263 g/mol. The number of hydrogen-bond donors (Lipinski definition) is 2. The molecule has 0 aliphatic carbocycles. The number of nitrogens with one attached hydrogen (secondary N) is 1. The first kappa shape index (κ1) is 18.0. The van der Waals surface area contributed by atoms with Gasteiger partial charge in [-0.05, 0) is 26.0 Å². The molecule has 0 spiro atoms. The Hall–Kier alpha value is -1.95. The fourth-order valence-corrected chi connectivity index (χ4v) is 1.21. The fourth-order valence-electron chi connectivity index (χ4n) is 1.21. The van der Waals surface area contributed by atoms with E-state index >= 15 is 0 Å². The van der Waals surface area contributed by atoms with E-state index < -0.39 is 12.1 Å². The normalized spacial score (nSPS) is 13.8. The van der Waals surface area contributed by atoms with Crippen LogP contribution in [0, 0.1) is 0 Å². The largest absolute Gasteiger partial charge is 0.459 e. The zero-order valence-electron chi connectivity index (χ0n) is 11.8. The van der Waals surface area contributed by atoms with Gasteiger partial charge in [0.05, 0.1) is 12.1 Å². The molecule has 6 heteroatoms. The lowest BCUT2D eigenvalue weighted by molar-refractivity contribution is -0.140. The van der Waals surface area contributed by atoms with E-state index in [0.717, 1.165) is 0 Å². The van der Waals surface area contributed by atoms with Crippen molar-refractivity contribution >= 4 is 11.8 Å². The van der Waals surface area contributed by atoms with Gasteiger partial charge in [-0.25, -0.2) is 9.18 Å². The van der Waals surface area contributed by atoms with Crippen LogP contribution < -0.4 is 11.1 Å². The van der Waals surface area contributed by atoms with Crippen molar-refractivity contribution in [1.29, 1.82) is 0 Å². The molecule has 20 heavy (non-hydrogen) atoms. The highest BCUT2D eigenvalue weighted by Gasteiger charge is 2.10. The molecule has 0 saturated heterocycles. The minimum absolute atomic E-state index is 0.0176. The molecule has 3 N–H and O–H groups in total. The van der Waals surface area contributed by atoms with Gasteiger partial charge in [-0.3, -0.25) is 4.79 Å². The quantitative estimate of drug-likeness (QED) is 0.375. The van der Waals surface area contributed by atoms with Crippen LogP contribution in [-0.2, 0) is 14.3 Å². The lowest BCUT2D eigenvalue weighted by Gasteiger charge is -2.07. The van der Waals surface area contributed by atoms with Crippen molar-refractivity contribution < 1.29 is 18.7 Å². The van der Waals surface area contributed by atoms with Crippen LogP contribution in [0.25, 0.3) is 0 Å². The number of nitrogens with two attached hydrogens (primary N) is 1. The second kappa shape index (κ2) is 9.91. The Kier molecular flexibility index (Phi) is 8.95. The van der Waals surface area contributed by atoms with Crippen molar-refractivity contribution in [1.82, 2.24) is 5.32 Å². The van der Waals surface area contributed by atoms with E-state index in [1.165, 1.54) is 32.1 Å². The van der Waals surface area contributed by atoms with Crippen LogP contribution in [0.4, 0.5) is 4.39 Å². The van der Waals surface area contributed by atoms with Crippen LogP contribution in [0.3, 0.4) is 0 Å². The topological polar surface area (TPSA) is 81.4 Å². The van der Waals surface area contributed by atoms with Crippen LogP contribution in [0.2, 0.25) is 0 Å². The second-order valence-corrected chi connectivity index (χ2v) is 4.26. The number of allylic oxidation sites excluding steroid dienone is 2. The van der Waals surface area contributed by atoms with E-state index in [1.54, 1.807) is 0 Å². The first-order chi connectivity index (χ1) is 9.36. The maximum absolute atomic E-state index is 12.6. The molecule has 0 bridgehead atoms. The number of carbonyl (C=O) groups excluding carboxylic acids is 2. The van der Waals surface area contributed by atoms with Gasteiger partial charge < -0.3 is 15.8 Å². The highest BCUT2D eigenvalue weighted by molar-refractivity contribution is 5.92. The monoisotopic (exact) mass is 284 g/mol. The van der Waals surface area contributed by atoms with Crippen molar-refractivity contribution in [3.05, 3.63) is 36.1 Å². The van der Waals surface area contributed by atoms with Gasteiger partial charge in [0.1, 0.15) is 18.6 Å². The molecule has 0 aliphatic rings.